The van der Waals surface area contributed by atoms with Crippen molar-refractivity contribution in [2.75, 3.05) is 7.11 Å². The number of carbonyl (C=O) groups is 1. The number of hydrogen-bond donors (Lipinski definition) is 2. The molecule has 0 bridgehead atoms. The molecule has 5 heteroatoms. The van der Waals surface area contributed by atoms with Gasteiger partial charge in [-0.25, -0.2) is 0 Å². The van der Waals surface area contributed by atoms with Gasteiger partial charge in [-0.3, -0.25) is 11.1 Å². The topological polar surface area (TPSA) is 101 Å². The minimum Gasteiger partial charge on any atom is -0.545 e. The van der Waals surface area contributed by atoms with Crippen LogP contribution in [0.3, 0.4) is 0 Å². The number of amidine groups is 1. The summed E-state index contributed by atoms with van der Waals surface area (Å²) >= 11 is 0. The van der Waals surface area contributed by atoms with Crippen LogP contribution in [0, 0.1) is 0 Å². The van der Waals surface area contributed by atoms with Crippen LogP contribution in [-0.4, -0.2) is 18.9 Å². The van der Waals surface area contributed by atoms with Crippen LogP contribution in [0.25, 0.3) is 0 Å². The van der Waals surface area contributed by atoms with Crippen LogP contribution in [0.15, 0.2) is 54.6 Å². The number of carboxylic acid groups (broad SMARTS) is 1. The molecule has 4 N–H and O–H groups in total. The summed E-state index contributed by atoms with van der Waals surface area (Å²) in [6.45, 7) is 0. The van der Waals surface area contributed by atoms with Gasteiger partial charge in [0.15, 0.2) is 0 Å². The van der Waals surface area contributed by atoms with Crippen LogP contribution in [0.2, 0.25) is 0 Å². The van der Waals surface area contributed by atoms with Crippen LogP contribution in [0.1, 0.15) is 15.9 Å². The van der Waals surface area contributed by atoms with Gasteiger partial charge in [-0.1, -0.05) is 18.2 Å². The smallest absolute Gasteiger partial charge is 0.270 e. The summed E-state index contributed by atoms with van der Waals surface area (Å²) < 4.78 is 4.84. The van der Waals surface area contributed by atoms with Crippen molar-refractivity contribution in [3.05, 3.63) is 65.7 Å². The number of nitrogens with two attached hydrogens (primary N) is 2. The summed E-state index contributed by atoms with van der Waals surface area (Å²) in [5.74, 6) is -0.168. The zero-order chi connectivity index (χ0) is 15.0. The van der Waals surface area contributed by atoms with Gasteiger partial charge in [-0.2, -0.15) is 0 Å². The quantitative estimate of drug-likeness (QED) is 0.564. The van der Waals surface area contributed by atoms with E-state index in [1.165, 1.54) is 19.2 Å². The average Bonchev–Trinajstić information content (AvgIpc) is 2.49. The molecule has 104 valence electrons. The fourth-order valence-corrected chi connectivity index (χ4v) is 1.36. The van der Waals surface area contributed by atoms with Crippen LogP contribution in [-0.2, 0) is 0 Å². The SMILES string of the molecule is COc1ccc(C(=O)[O-])cc1.NC(=[NH2+])c1ccccc1. The van der Waals surface area contributed by atoms with E-state index < -0.39 is 5.97 Å². The van der Waals surface area contributed by atoms with E-state index in [9.17, 15) is 9.90 Å². The first-order chi connectivity index (χ1) is 9.54. The molecule has 20 heavy (non-hydrogen) atoms. The molecule has 0 radical (unpaired) electrons. The Labute approximate surface area is 117 Å². The minimum atomic E-state index is -1.17. The maximum Gasteiger partial charge on any atom is 0.270 e. The van der Waals surface area contributed by atoms with E-state index in [2.05, 4.69) is 0 Å². The molecule has 2 rings (SSSR count). The Kier molecular flexibility index (Phi) is 5.77. The number of aromatic carboxylic acids is 1. The van der Waals surface area contributed by atoms with Crippen molar-refractivity contribution >= 4 is 11.8 Å². The molecule has 5 nitrogen and oxygen atoms in total. The van der Waals surface area contributed by atoms with Crippen LogP contribution >= 0.6 is 0 Å². The lowest BCUT2D eigenvalue weighted by Gasteiger charge is -2.02. The Balaban J connectivity index is 0.000000204. The van der Waals surface area contributed by atoms with Gasteiger partial charge in [0.05, 0.1) is 18.6 Å². The Morgan fingerprint density at radius 2 is 1.60 bits per heavy atom. The predicted molar refractivity (Wildman–Crippen MR) is 74.0 cm³/mol. The maximum absolute atomic E-state index is 10.2. The first kappa shape index (κ1) is 15.2. The van der Waals surface area contributed by atoms with Gasteiger partial charge in [-0.05, 0) is 42.0 Å². The maximum atomic E-state index is 10.2. The lowest BCUT2D eigenvalue weighted by atomic mass is 10.2. The highest BCUT2D eigenvalue weighted by molar-refractivity contribution is 5.92. The second-order valence-electron chi connectivity index (χ2n) is 3.84. The number of benzene rings is 2. The number of carbonyl (C=O) groups excluding carboxylic acids is 1. The molecule has 0 spiro atoms. The van der Waals surface area contributed by atoms with Crippen LogP contribution < -0.4 is 21.0 Å². The number of ether oxygens (including phenoxy) is 1. The first-order valence-corrected chi connectivity index (χ1v) is 5.83. The third-order valence-electron chi connectivity index (χ3n) is 2.43. The Bertz CT molecular complexity index is 565. The second kappa shape index (κ2) is 7.58. The van der Waals surface area contributed by atoms with Gasteiger partial charge in [0.2, 0.25) is 0 Å². The van der Waals surface area contributed by atoms with Crippen molar-refractivity contribution in [1.82, 2.24) is 0 Å². The van der Waals surface area contributed by atoms with E-state index in [4.69, 9.17) is 15.9 Å². The molecule has 0 aliphatic rings. The van der Waals surface area contributed by atoms with E-state index in [1.54, 1.807) is 12.1 Å². The van der Waals surface area contributed by atoms with Crippen molar-refractivity contribution in [3.8, 4) is 5.75 Å². The van der Waals surface area contributed by atoms with Crippen molar-refractivity contribution in [1.29, 1.82) is 0 Å². The zero-order valence-electron chi connectivity index (χ0n) is 11.1. The molecule has 0 aliphatic carbocycles. The fraction of sp³-hybridized carbons (Fsp3) is 0.0667. The molecule has 0 heterocycles. The van der Waals surface area contributed by atoms with Crippen LogP contribution in [0.5, 0.6) is 5.75 Å². The van der Waals surface area contributed by atoms with Gasteiger partial charge < -0.3 is 14.6 Å². The normalized spacial score (nSPS) is 9.05. The third-order valence-corrected chi connectivity index (χ3v) is 2.43. The minimum absolute atomic E-state index is 0.158. The molecule has 0 atom stereocenters. The van der Waals surface area contributed by atoms with E-state index in [1.807, 2.05) is 30.3 Å². The number of carboxylic acids is 1. The van der Waals surface area contributed by atoms with Crippen molar-refractivity contribution in [2.45, 2.75) is 0 Å². The van der Waals surface area contributed by atoms with E-state index in [0.717, 1.165) is 5.56 Å². The summed E-state index contributed by atoms with van der Waals surface area (Å²) in [4.78, 5) is 10.2. The lowest BCUT2D eigenvalue weighted by molar-refractivity contribution is -0.255. The number of rotatable bonds is 3. The van der Waals surface area contributed by atoms with Crippen molar-refractivity contribution in [3.63, 3.8) is 0 Å². The summed E-state index contributed by atoms with van der Waals surface area (Å²) in [5, 5.41) is 15.6. The van der Waals surface area contributed by atoms with Gasteiger partial charge in [-0.15, -0.1) is 0 Å². The van der Waals surface area contributed by atoms with Crippen molar-refractivity contribution < 1.29 is 20.0 Å². The highest BCUT2D eigenvalue weighted by Crippen LogP contribution is 2.10. The van der Waals surface area contributed by atoms with E-state index in [0.29, 0.717) is 11.6 Å². The Morgan fingerprint density at radius 3 is 1.95 bits per heavy atom. The first-order valence-electron chi connectivity index (χ1n) is 5.83. The predicted octanol–water partition coefficient (Wildman–Crippen LogP) is -0.790. The molecular formula is C15H16N2O3. The zero-order valence-corrected chi connectivity index (χ0v) is 11.1. The summed E-state index contributed by atoms with van der Waals surface area (Å²) in [7, 11) is 1.52. The molecule has 0 amide bonds. The standard InChI is InChI=1S/C8H8O3.C7H8N2/c1-11-7-4-2-6(3-5-7)8(9)10;8-7(9)6-4-2-1-3-5-6/h2-5H,1H3,(H,9,10);1-5H,(H3,8,9). The fourth-order valence-electron chi connectivity index (χ4n) is 1.36. The molecule has 0 unspecified atom stereocenters. The summed E-state index contributed by atoms with van der Waals surface area (Å²) in [6, 6.07) is 15.5. The van der Waals surface area contributed by atoms with E-state index >= 15 is 0 Å². The average molecular weight is 272 g/mol. The molecular weight excluding hydrogens is 256 g/mol. The number of hydrogen-bond acceptors (Lipinski definition) is 3. The number of methoxy groups -OCH3 is 1. The van der Waals surface area contributed by atoms with Crippen LogP contribution in [0.4, 0.5) is 0 Å². The highest BCUT2D eigenvalue weighted by Gasteiger charge is 1.95. The second-order valence-corrected chi connectivity index (χ2v) is 3.84. The lowest BCUT2D eigenvalue weighted by Crippen LogP contribution is -2.46. The largest absolute Gasteiger partial charge is 0.545 e. The molecule has 2 aromatic carbocycles. The van der Waals surface area contributed by atoms with Gasteiger partial charge in [0, 0.05) is 0 Å². The third kappa shape index (κ3) is 4.81. The van der Waals surface area contributed by atoms with Gasteiger partial charge >= 0.3 is 0 Å². The molecule has 0 fully saturated rings. The summed E-state index contributed by atoms with van der Waals surface area (Å²) in [6.07, 6.45) is 0. The highest BCUT2D eigenvalue weighted by atomic mass is 16.5. The van der Waals surface area contributed by atoms with Gasteiger partial charge in [0.1, 0.15) is 5.75 Å². The molecule has 0 saturated carbocycles. The Hall–Kier alpha value is -2.82. The Morgan fingerprint density at radius 1 is 1.05 bits per heavy atom. The molecule has 0 aromatic heterocycles. The summed E-state index contributed by atoms with van der Waals surface area (Å²) in [5.41, 5.74) is 6.35. The monoisotopic (exact) mass is 272 g/mol. The molecule has 2 aromatic rings. The van der Waals surface area contributed by atoms with Crippen molar-refractivity contribution in [2.24, 2.45) is 5.73 Å². The van der Waals surface area contributed by atoms with E-state index in [-0.39, 0.29) is 5.56 Å². The van der Waals surface area contributed by atoms with Gasteiger partial charge in [0.25, 0.3) is 5.84 Å². The molecule has 0 aliphatic heterocycles. The molecule has 0 saturated heterocycles.